The Labute approximate surface area is 218 Å². The fourth-order valence-electron chi connectivity index (χ4n) is 4.50. The van der Waals surface area contributed by atoms with E-state index in [1.54, 1.807) is 27.0 Å². The molecule has 0 amide bonds. The molecule has 4 aromatic rings. The number of hydrogen-bond acceptors (Lipinski definition) is 7. The van der Waals surface area contributed by atoms with Crippen LogP contribution in [0.1, 0.15) is 40.5 Å². The maximum atomic E-state index is 13.2. The van der Waals surface area contributed by atoms with Crippen LogP contribution in [0.2, 0.25) is 5.02 Å². The molecule has 9 heteroatoms. The number of Topliss-reactive ketones (excluding diaryl/α,β-unsaturated/α-hetero) is 1. The second kappa shape index (κ2) is 10.7. The predicted octanol–water partition coefficient (Wildman–Crippen LogP) is 5.32. The van der Waals surface area contributed by atoms with Gasteiger partial charge in [-0.15, -0.1) is 0 Å². The van der Waals surface area contributed by atoms with Gasteiger partial charge in [-0.3, -0.25) is 9.59 Å². The van der Waals surface area contributed by atoms with Gasteiger partial charge in [-0.05, 0) is 57.0 Å². The van der Waals surface area contributed by atoms with E-state index in [4.69, 9.17) is 30.2 Å². The summed E-state index contributed by atoms with van der Waals surface area (Å²) in [6.45, 7) is 5.39. The average Bonchev–Trinajstić information content (AvgIpc) is 3.12. The van der Waals surface area contributed by atoms with Gasteiger partial charge in [0.1, 0.15) is 17.1 Å². The number of nitrogens with zero attached hydrogens (tertiary/aromatic N) is 1. The Kier molecular flexibility index (Phi) is 7.59. The van der Waals surface area contributed by atoms with Gasteiger partial charge in [0.15, 0.2) is 6.61 Å². The molecule has 0 radical (unpaired) electrons. The number of ether oxygens (including phenoxy) is 3. The molecule has 0 aliphatic carbocycles. The third kappa shape index (κ3) is 5.06. The molecule has 0 unspecified atom stereocenters. The van der Waals surface area contributed by atoms with Crippen LogP contribution < -0.4 is 15.1 Å². The Hall–Kier alpha value is -3.78. The van der Waals surface area contributed by atoms with Gasteiger partial charge < -0.3 is 23.2 Å². The number of aromatic nitrogens is 1. The van der Waals surface area contributed by atoms with Crippen LogP contribution in [0.25, 0.3) is 21.9 Å². The van der Waals surface area contributed by atoms with E-state index in [0.717, 1.165) is 16.6 Å². The van der Waals surface area contributed by atoms with Crippen LogP contribution in [-0.2, 0) is 23.0 Å². The Morgan fingerprint density at radius 1 is 1.11 bits per heavy atom. The van der Waals surface area contributed by atoms with Crippen LogP contribution in [0, 0.1) is 13.8 Å². The van der Waals surface area contributed by atoms with Crippen molar-refractivity contribution in [2.75, 3.05) is 20.3 Å². The van der Waals surface area contributed by atoms with E-state index in [9.17, 15) is 14.4 Å². The lowest BCUT2D eigenvalue weighted by molar-refractivity contribution is -0.143. The molecule has 0 saturated carbocycles. The maximum Gasteiger partial charge on any atom is 0.339 e. The van der Waals surface area contributed by atoms with Crippen molar-refractivity contribution in [3.8, 4) is 11.5 Å². The van der Waals surface area contributed by atoms with E-state index >= 15 is 0 Å². The minimum Gasteiger partial charge on any atom is -0.497 e. The van der Waals surface area contributed by atoms with Crippen molar-refractivity contribution in [3.05, 3.63) is 68.2 Å². The van der Waals surface area contributed by atoms with Crippen LogP contribution >= 0.6 is 11.6 Å². The number of fused-ring (bicyclic) bond motifs is 2. The van der Waals surface area contributed by atoms with E-state index in [0.29, 0.717) is 27.8 Å². The number of methoxy groups -OCH3 is 1. The second-order valence-electron chi connectivity index (χ2n) is 8.69. The lowest BCUT2D eigenvalue weighted by Crippen LogP contribution is -2.14. The number of ketones is 1. The summed E-state index contributed by atoms with van der Waals surface area (Å²) in [7, 11) is 3.47. The lowest BCUT2D eigenvalue weighted by Gasteiger charge is -2.12. The number of rotatable bonds is 9. The molecule has 0 saturated heterocycles. The quantitative estimate of drug-likeness (QED) is 0.166. The van der Waals surface area contributed by atoms with E-state index in [2.05, 4.69) is 0 Å². The smallest absolute Gasteiger partial charge is 0.339 e. The molecule has 0 fully saturated rings. The highest BCUT2D eigenvalue weighted by molar-refractivity contribution is 6.32. The van der Waals surface area contributed by atoms with Crippen LogP contribution in [0.5, 0.6) is 11.5 Å². The molecule has 2 heterocycles. The summed E-state index contributed by atoms with van der Waals surface area (Å²) in [5.74, 6) is 0.268. The summed E-state index contributed by atoms with van der Waals surface area (Å²) in [6, 6.07) is 8.73. The van der Waals surface area contributed by atoms with Gasteiger partial charge in [-0.2, -0.15) is 0 Å². The van der Waals surface area contributed by atoms with Crippen molar-refractivity contribution < 1.29 is 28.2 Å². The monoisotopic (exact) mass is 525 g/mol. The standard InChI is InChI=1S/C28H28ClNO7/c1-6-35-26(32)10-8-18-15(2)19-12-21(29)25(13-24(19)37-28(18)33)36-14-23(31)27-16(3)30(4)22-9-7-17(34-5)11-20(22)27/h7,9,11-13H,6,8,10,14H2,1-5H3. The molecule has 4 rings (SSSR count). The summed E-state index contributed by atoms with van der Waals surface area (Å²) >= 11 is 6.48. The van der Waals surface area contributed by atoms with E-state index in [1.165, 1.54) is 6.07 Å². The molecular formula is C28H28ClNO7. The lowest BCUT2D eigenvalue weighted by atomic mass is 10.0. The van der Waals surface area contributed by atoms with Gasteiger partial charge in [0, 0.05) is 52.6 Å². The van der Waals surface area contributed by atoms with Gasteiger partial charge in [-0.25, -0.2) is 4.79 Å². The zero-order valence-electron chi connectivity index (χ0n) is 21.4. The minimum absolute atomic E-state index is 0.0709. The fraction of sp³-hybridized carbons (Fsp3) is 0.321. The highest BCUT2D eigenvalue weighted by Gasteiger charge is 2.21. The van der Waals surface area contributed by atoms with Crippen molar-refractivity contribution in [1.29, 1.82) is 0 Å². The molecule has 0 atom stereocenters. The molecule has 37 heavy (non-hydrogen) atoms. The first-order chi connectivity index (χ1) is 17.7. The number of carbonyl (C=O) groups is 2. The zero-order valence-corrected chi connectivity index (χ0v) is 22.2. The van der Waals surface area contributed by atoms with Crippen LogP contribution in [0.15, 0.2) is 39.5 Å². The predicted molar refractivity (Wildman–Crippen MR) is 141 cm³/mol. The van der Waals surface area contributed by atoms with Gasteiger partial charge in [0.25, 0.3) is 0 Å². The number of aryl methyl sites for hydroxylation is 2. The molecule has 194 valence electrons. The molecule has 2 aromatic carbocycles. The summed E-state index contributed by atoms with van der Waals surface area (Å²) in [4.78, 5) is 37.6. The number of esters is 1. The third-order valence-corrected chi connectivity index (χ3v) is 6.86. The van der Waals surface area contributed by atoms with Crippen LogP contribution in [0.3, 0.4) is 0 Å². The van der Waals surface area contributed by atoms with Crippen molar-refractivity contribution >= 4 is 45.2 Å². The zero-order chi connectivity index (χ0) is 26.9. The summed E-state index contributed by atoms with van der Waals surface area (Å²) in [5, 5.41) is 1.67. The van der Waals surface area contributed by atoms with Crippen LogP contribution in [0.4, 0.5) is 0 Å². The van der Waals surface area contributed by atoms with E-state index in [1.807, 2.05) is 36.7 Å². The SMILES string of the molecule is CCOC(=O)CCc1c(C)c2cc(Cl)c(OCC(=O)c3c(C)n(C)c4ccc(OC)cc34)cc2oc1=O. The third-order valence-electron chi connectivity index (χ3n) is 6.56. The van der Waals surface area contributed by atoms with Gasteiger partial charge >= 0.3 is 11.6 Å². The maximum absolute atomic E-state index is 13.2. The first-order valence-electron chi connectivity index (χ1n) is 11.9. The molecule has 2 aromatic heterocycles. The minimum atomic E-state index is -0.543. The van der Waals surface area contributed by atoms with E-state index in [-0.39, 0.29) is 54.2 Å². The van der Waals surface area contributed by atoms with Crippen molar-refractivity contribution in [3.63, 3.8) is 0 Å². The first kappa shape index (κ1) is 26.3. The van der Waals surface area contributed by atoms with Crippen molar-refractivity contribution in [2.45, 2.75) is 33.6 Å². The topological polar surface area (TPSA) is 97.0 Å². The normalized spacial score (nSPS) is 11.2. The van der Waals surface area contributed by atoms with Crippen molar-refractivity contribution in [1.82, 2.24) is 4.57 Å². The Bertz CT molecular complexity index is 1580. The number of carbonyl (C=O) groups excluding carboxylic acids is 2. The average molecular weight is 526 g/mol. The molecule has 0 aliphatic rings. The summed E-state index contributed by atoms with van der Waals surface area (Å²) < 4.78 is 23.5. The largest absolute Gasteiger partial charge is 0.497 e. The molecule has 8 nitrogen and oxygen atoms in total. The number of hydrogen-bond donors (Lipinski definition) is 0. The summed E-state index contributed by atoms with van der Waals surface area (Å²) in [5.41, 5.74) is 3.05. The van der Waals surface area contributed by atoms with Crippen LogP contribution in [-0.4, -0.2) is 36.6 Å². The Balaban J connectivity index is 1.60. The first-order valence-corrected chi connectivity index (χ1v) is 12.2. The summed E-state index contributed by atoms with van der Waals surface area (Å²) in [6.07, 6.45) is 0.268. The van der Waals surface area contributed by atoms with Gasteiger partial charge in [0.05, 0.1) is 18.7 Å². The number of halogens is 1. The van der Waals surface area contributed by atoms with E-state index < -0.39 is 5.63 Å². The van der Waals surface area contributed by atoms with Gasteiger partial charge in [0.2, 0.25) is 5.78 Å². The molecular weight excluding hydrogens is 498 g/mol. The molecule has 0 bridgehead atoms. The highest BCUT2D eigenvalue weighted by atomic mass is 35.5. The Morgan fingerprint density at radius 3 is 2.57 bits per heavy atom. The molecule has 0 N–H and O–H groups in total. The Morgan fingerprint density at radius 2 is 1.86 bits per heavy atom. The number of benzene rings is 2. The van der Waals surface area contributed by atoms with Gasteiger partial charge in [-0.1, -0.05) is 11.6 Å². The highest BCUT2D eigenvalue weighted by Crippen LogP contribution is 2.33. The molecule has 0 aliphatic heterocycles. The van der Waals surface area contributed by atoms with Crippen molar-refractivity contribution in [2.24, 2.45) is 7.05 Å². The fourth-order valence-corrected chi connectivity index (χ4v) is 4.71. The second-order valence-corrected chi connectivity index (χ2v) is 9.10. The molecule has 0 spiro atoms.